The van der Waals surface area contributed by atoms with E-state index in [1.165, 1.54) is 27.9 Å². The second-order valence-corrected chi connectivity index (χ2v) is 11.1. The van der Waals surface area contributed by atoms with Crippen LogP contribution >= 0.6 is 34.4 Å². The zero-order valence-corrected chi connectivity index (χ0v) is 19.5. The first kappa shape index (κ1) is 20.7. The van der Waals surface area contributed by atoms with Gasteiger partial charge in [0, 0.05) is 22.2 Å². The van der Waals surface area contributed by atoms with Gasteiger partial charge in [0.1, 0.15) is 16.9 Å². The second-order valence-electron chi connectivity index (χ2n) is 7.97. The molecule has 3 aromatic rings. The van der Waals surface area contributed by atoms with Crippen LogP contribution in [0.25, 0.3) is 0 Å². The van der Waals surface area contributed by atoms with Gasteiger partial charge in [-0.25, -0.2) is 0 Å². The smallest absolute Gasteiger partial charge is 0.235 e. The molecular formula is C22H23N5OS3. The second kappa shape index (κ2) is 9.15. The van der Waals surface area contributed by atoms with Gasteiger partial charge in [-0.1, -0.05) is 24.2 Å². The van der Waals surface area contributed by atoms with Gasteiger partial charge in [-0.3, -0.25) is 4.79 Å². The molecule has 1 saturated carbocycles. The maximum atomic E-state index is 12.7. The van der Waals surface area contributed by atoms with Crippen LogP contribution in [0, 0.1) is 11.3 Å². The minimum Gasteiger partial charge on any atom is -0.316 e. The predicted octanol–water partition coefficient (Wildman–Crippen LogP) is 5.20. The molecule has 3 aromatic heterocycles. The molecule has 0 saturated heterocycles. The standard InChI is InChI=1S/C22H23N5OS3/c23-12-17-16-6-2-1-3-7-18(16)31-21(17)24-20(28)13-30-22-26-25-19(27(22)14-8-9-14)11-15-5-4-10-29-15/h4-5,10,14H,1-3,6-9,11,13H2,(H,24,28). The van der Waals surface area contributed by atoms with Crippen LogP contribution in [0.3, 0.4) is 0 Å². The maximum Gasteiger partial charge on any atom is 0.235 e. The number of hydrogen-bond acceptors (Lipinski definition) is 7. The van der Waals surface area contributed by atoms with Crippen molar-refractivity contribution in [2.75, 3.05) is 11.1 Å². The fourth-order valence-corrected chi connectivity index (χ4v) is 6.82. The molecule has 0 atom stereocenters. The lowest BCUT2D eigenvalue weighted by atomic mass is 10.1. The van der Waals surface area contributed by atoms with Gasteiger partial charge in [0.05, 0.1) is 11.3 Å². The van der Waals surface area contributed by atoms with Crippen molar-refractivity contribution in [3.05, 3.63) is 44.2 Å². The summed E-state index contributed by atoms with van der Waals surface area (Å²) in [6, 6.07) is 6.95. The van der Waals surface area contributed by atoms with Crippen LogP contribution in [-0.4, -0.2) is 26.4 Å². The van der Waals surface area contributed by atoms with Crippen LogP contribution in [0.15, 0.2) is 22.7 Å². The van der Waals surface area contributed by atoms with Gasteiger partial charge >= 0.3 is 0 Å². The Balaban J connectivity index is 1.26. The Morgan fingerprint density at radius 1 is 1.29 bits per heavy atom. The SMILES string of the molecule is N#Cc1c(NC(=O)CSc2nnc(Cc3cccs3)n2C2CC2)sc2c1CCCCC2. The van der Waals surface area contributed by atoms with Crippen molar-refractivity contribution in [1.82, 2.24) is 14.8 Å². The third-order valence-electron chi connectivity index (χ3n) is 5.68. The highest BCUT2D eigenvalue weighted by Gasteiger charge is 2.30. The number of thioether (sulfide) groups is 1. The van der Waals surface area contributed by atoms with E-state index >= 15 is 0 Å². The summed E-state index contributed by atoms with van der Waals surface area (Å²) in [7, 11) is 0. The molecule has 0 spiro atoms. The lowest BCUT2D eigenvalue weighted by Gasteiger charge is -2.08. The van der Waals surface area contributed by atoms with Crippen LogP contribution in [0.5, 0.6) is 0 Å². The van der Waals surface area contributed by atoms with Crippen LogP contribution in [0.1, 0.15) is 64.9 Å². The fraction of sp³-hybridized carbons (Fsp3) is 0.455. The maximum absolute atomic E-state index is 12.7. The average molecular weight is 470 g/mol. The van der Waals surface area contributed by atoms with Crippen LogP contribution in [0.2, 0.25) is 0 Å². The molecule has 5 rings (SSSR count). The quantitative estimate of drug-likeness (QED) is 0.380. The molecule has 2 aliphatic rings. The van der Waals surface area contributed by atoms with E-state index in [2.05, 4.69) is 43.7 Å². The first-order valence-electron chi connectivity index (χ1n) is 10.7. The zero-order valence-electron chi connectivity index (χ0n) is 17.1. The lowest BCUT2D eigenvalue weighted by Crippen LogP contribution is -2.14. The molecule has 0 bridgehead atoms. The molecule has 2 aliphatic carbocycles. The van der Waals surface area contributed by atoms with E-state index in [1.807, 2.05) is 0 Å². The Hall–Kier alpha value is -2.15. The minimum atomic E-state index is -0.0944. The highest BCUT2D eigenvalue weighted by atomic mass is 32.2. The molecule has 0 aliphatic heterocycles. The molecular weight excluding hydrogens is 446 g/mol. The van der Waals surface area contributed by atoms with E-state index in [4.69, 9.17) is 0 Å². The summed E-state index contributed by atoms with van der Waals surface area (Å²) in [5.74, 6) is 1.14. The minimum absolute atomic E-state index is 0.0944. The van der Waals surface area contributed by atoms with Crippen molar-refractivity contribution in [2.45, 2.75) is 62.6 Å². The summed E-state index contributed by atoms with van der Waals surface area (Å²) < 4.78 is 2.21. The van der Waals surface area contributed by atoms with Gasteiger partial charge in [0.15, 0.2) is 5.16 Å². The average Bonchev–Trinajstić information content (AvgIpc) is 3.27. The summed E-state index contributed by atoms with van der Waals surface area (Å²) in [4.78, 5) is 15.2. The number of aryl methyl sites for hydroxylation is 1. The zero-order chi connectivity index (χ0) is 21.2. The van der Waals surface area contributed by atoms with Crippen molar-refractivity contribution in [3.8, 4) is 6.07 Å². The van der Waals surface area contributed by atoms with Crippen LogP contribution < -0.4 is 5.32 Å². The lowest BCUT2D eigenvalue weighted by molar-refractivity contribution is -0.113. The molecule has 0 radical (unpaired) electrons. The van der Waals surface area contributed by atoms with Crippen molar-refractivity contribution in [1.29, 1.82) is 5.26 Å². The Kier molecular flexibility index (Phi) is 6.12. The molecule has 160 valence electrons. The summed E-state index contributed by atoms with van der Waals surface area (Å²) in [5.41, 5.74) is 1.82. The third-order valence-corrected chi connectivity index (χ3v) is 8.70. The largest absolute Gasteiger partial charge is 0.316 e. The normalized spacial score (nSPS) is 15.8. The van der Waals surface area contributed by atoms with Crippen molar-refractivity contribution >= 4 is 45.3 Å². The van der Waals surface area contributed by atoms with E-state index in [0.717, 1.165) is 61.5 Å². The van der Waals surface area contributed by atoms with E-state index in [9.17, 15) is 10.1 Å². The van der Waals surface area contributed by atoms with Gasteiger partial charge in [0.2, 0.25) is 5.91 Å². The van der Waals surface area contributed by atoms with E-state index in [-0.39, 0.29) is 11.7 Å². The first-order valence-corrected chi connectivity index (χ1v) is 13.3. The molecule has 0 unspecified atom stereocenters. The number of aromatic nitrogens is 3. The molecule has 3 heterocycles. The van der Waals surface area contributed by atoms with Crippen LogP contribution in [-0.2, 0) is 24.1 Å². The number of nitrogens with one attached hydrogen (secondary N) is 1. The van der Waals surface area contributed by atoms with Crippen LogP contribution in [0.4, 0.5) is 5.00 Å². The highest BCUT2D eigenvalue weighted by Crippen LogP contribution is 2.40. The number of nitriles is 1. The van der Waals surface area contributed by atoms with Gasteiger partial charge in [-0.2, -0.15) is 5.26 Å². The molecule has 1 N–H and O–H groups in total. The Morgan fingerprint density at radius 3 is 2.94 bits per heavy atom. The van der Waals surface area contributed by atoms with Crippen molar-refractivity contribution < 1.29 is 4.79 Å². The molecule has 0 aromatic carbocycles. The topological polar surface area (TPSA) is 83.6 Å². The van der Waals surface area contributed by atoms with Crippen molar-refractivity contribution in [3.63, 3.8) is 0 Å². The summed E-state index contributed by atoms with van der Waals surface area (Å²) in [6.45, 7) is 0. The number of carbonyl (C=O) groups excluding carboxylic acids is 1. The summed E-state index contributed by atoms with van der Waals surface area (Å²) in [6.07, 6.45) is 8.50. The van der Waals surface area contributed by atoms with Gasteiger partial charge < -0.3 is 9.88 Å². The number of hydrogen-bond donors (Lipinski definition) is 1. The number of thiophene rings is 2. The number of carbonyl (C=O) groups is 1. The number of amides is 1. The first-order chi connectivity index (χ1) is 15.2. The molecule has 31 heavy (non-hydrogen) atoms. The monoisotopic (exact) mass is 469 g/mol. The van der Waals surface area contributed by atoms with Gasteiger partial charge in [-0.15, -0.1) is 32.9 Å². The summed E-state index contributed by atoms with van der Waals surface area (Å²) in [5, 5.41) is 25.1. The van der Waals surface area contributed by atoms with E-state index in [0.29, 0.717) is 16.6 Å². The molecule has 1 fully saturated rings. The van der Waals surface area contributed by atoms with Crippen molar-refractivity contribution in [2.24, 2.45) is 0 Å². The molecule has 9 heteroatoms. The molecule has 6 nitrogen and oxygen atoms in total. The predicted molar refractivity (Wildman–Crippen MR) is 125 cm³/mol. The van der Waals surface area contributed by atoms with Gasteiger partial charge in [-0.05, 0) is 55.5 Å². The fourth-order valence-electron chi connectivity index (χ4n) is 4.04. The van der Waals surface area contributed by atoms with E-state index in [1.54, 1.807) is 22.7 Å². The summed E-state index contributed by atoms with van der Waals surface area (Å²) >= 11 is 4.73. The number of anilines is 1. The molecule has 1 amide bonds. The number of rotatable bonds is 7. The Bertz CT molecular complexity index is 1120. The van der Waals surface area contributed by atoms with E-state index < -0.39 is 0 Å². The highest BCUT2D eigenvalue weighted by molar-refractivity contribution is 7.99. The van der Waals surface area contributed by atoms with Gasteiger partial charge in [0.25, 0.3) is 0 Å². The number of nitrogens with zero attached hydrogens (tertiary/aromatic N) is 4. The number of fused-ring (bicyclic) bond motifs is 1. The third kappa shape index (κ3) is 4.56. The Labute approximate surface area is 193 Å². The Morgan fingerprint density at radius 2 is 2.16 bits per heavy atom.